The molecule has 28 heavy (non-hydrogen) atoms. The smallest absolute Gasteiger partial charge is 0.249 e. The van der Waals surface area contributed by atoms with Crippen LogP contribution in [-0.4, -0.2) is 41.7 Å². The molecule has 6 heteroatoms. The molecule has 1 fully saturated rings. The van der Waals surface area contributed by atoms with Crippen LogP contribution in [0.2, 0.25) is 0 Å². The Labute approximate surface area is 167 Å². The Morgan fingerprint density at radius 2 is 2.00 bits per heavy atom. The highest BCUT2D eigenvalue weighted by molar-refractivity contribution is 5.75. The van der Waals surface area contributed by atoms with Gasteiger partial charge in [0.05, 0.1) is 0 Å². The number of amides is 1. The minimum atomic E-state index is -0.392. The van der Waals surface area contributed by atoms with Gasteiger partial charge in [-0.25, -0.2) is 0 Å². The summed E-state index contributed by atoms with van der Waals surface area (Å²) in [4.78, 5) is 14.2. The van der Waals surface area contributed by atoms with E-state index in [9.17, 15) is 4.79 Å². The van der Waals surface area contributed by atoms with E-state index < -0.39 is 6.10 Å². The zero-order valence-electron chi connectivity index (χ0n) is 17.0. The van der Waals surface area contributed by atoms with Gasteiger partial charge < -0.3 is 14.1 Å². The molecule has 0 bridgehead atoms. The number of aromatic nitrogens is 2. The van der Waals surface area contributed by atoms with Crippen LogP contribution in [0.3, 0.4) is 0 Å². The van der Waals surface area contributed by atoms with Crippen molar-refractivity contribution in [2.75, 3.05) is 20.7 Å². The molecule has 0 spiro atoms. The van der Waals surface area contributed by atoms with E-state index >= 15 is 0 Å². The van der Waals surface area contributed by atoms with Crippen molar-refractivity contribution in [3.63, 3.8) is 0 Å². The molecular weight excluding hydrogens is 354 g/mol. The summed E-state index contributed by atoms with van der Waals surface area (Å²) in [5.74, 6) is 1.89. The molecule has 152 valence electrons. The molecule has 0 radical (unpaired) electrons. The SMILES string of the molecule is CO[C@@H](c1ccccc1)c1nnc(CCC(=O)N(C)CCCC2CCCC2)o1. The minimum absolute atomic E-state index is 0.123. The summed E-state index contributed by atoms with van der Waals surface area (Å²) >= 11 is 0. The number of rotatable bonds is 10. The Hall–Kier alpha value is -2.21. The van der Waals surface area contributed by atoms with Gasteiger partial charge in [-0.1, -0.05) is 56.0 Å². The van der Waals surface area contributed by atoms with Crippen LogP contribution in [0.5, 0.6) is 0 Å². The second-order valence-electron chi connectivity index (χ2n) is 7.67. The maximum Gasteiger partial charge on any atom is 0.249 e. The zero-order chi connectivity index (χ0) is 19.8. The molecule has 1 aliphatic carbocycles. The Bertz CT molecular complexity index is 726. The van der Waals surface area contributed by atoms with E-state index in [0.717, 1.165) is 24.4 Å². The van der Waals surface area contributed by atoms with E-state index in [-0.39, 0.29) is 5.91 Å². The third-order valence-corrected chi connectivity index (χ3v) is 5.60. The molecule has 1 aromatic carbocycles. The topological polar surface area (TPSA) is 68.5 Å². The lowest BCUT2D eigenvalue weighted by Gasteiger charge is -2.18. The number of benzene rings is 1. The second-order valence-corrected chi connectivity index (χ2v) is 7.67. The van der Waals surface area contributed by atoms with Gasteiger partial charge >= 0.3 is 0 Å². The van der Waals surface area contributed by atoms with Gasteiger partial charge in [-0.05, 0) is 24.3 Å². The monoisotopic (exact) mass is 385 g/mol. The lowest BCUT2D eigenvalue weighted by molar-refractivity contribution is -0.130. The molecule has 1 amide bonds. The number of hydrogen-bond donors (Lipinski definition) is 0. The number of carbonyl (C=O) groups is 1. The molecule has 2 aromatic rings. The fraction of sp³-hybridized carbons (Fsp3) is 0.591. The molecule has 0 aliphatic heterocycles. The van der Waals surface area contributed by atoms with Crippen molar-refractivity contribution in [2.45, 2.75) is 57.5 Å². The van der Waals surface area contributed by atoms with E-state index in [1.54, 1.807) is 7.11 Å². The third-order valence-electron chi connectivity index (χ3n) is 5.60. The van der Waals surface area contributed by atoms with Crippen molar-refractivity contribution >= 4 is 5.91 Å². The van der Waals surface area contributed by atoms with Crippen LogP contribution in [0.15, 0.2) is 34.7 Å². The van der Waals surface area contributed by atoms with Crippen LogP contribution >= 0.6 is 0 Å². The highest BCUT2D eigenvalue weighted by atomic mass is 16.5. The van der Waals surface area contributed by atoms with Gasteiger partial charge in [0.2, 0.25) is 17.7 Å². The molecule has 1 heterocycles. The normalized spacial score (nSPS) is 15.6. The molecule has 3 rings (SSSR count). The first-order chi connectivity index (χ1) is 13.7. The minimum Gasteiger partial charge on any atom is -0.422 e. The molecule has 1 saturated carbocycles. The predicted molar refractivity (Wildman–Crippen MR) is 107 cm³/mol. The van der Waals surface area contributed by atoms with Crippen molar-refractivity contribution in [1.82, 2.24) is 15.1 Å². The largest absolute Gasteiger partial charge is 0.422 e. The number of carbonyl (C=O) groups excluding carboxylic acids is 1. The Balaban J connectivity index is 1.44. The standard InChI is InChI=1S/C22H31N3O3/c1-25(16-8-11-17-9-6-7-10-17)20(26)15-14-19-23-24-22(28-19)21(27-2)18-12-4-3-5-13-18/h3-5,12-13,17,21H,6-11,14-16H2,1-2H3/t21-/m0/s1. The van der Waals surface area contributed by atoms with E-state index in [4.69, 9.17) is 9.15 Å². The van der Waals surface area contributed by atoms with Crippen LogP contribution in [0.4, 0.5) is 0 Å². The van der Waals surface area contributed by atoms with Gasteiger partial charge in [0.25, 0.3) is 0 Å². The fourth-order valence-electron chi connectivity index (χ4n) is 3.93. The predicted octanol–water partition coefficient (Wildman–Crippen LogP) is 4.17. The zero-order valence-corrected chi connectivity index (χ0v) is 17.0. The van der Waals surface area contributed by atoms with Gasteiger partial charge in [0.15, 0.2) is 6.10 Å². The van der Waals surface area contributed by atoms with Gasteiger partial charge in [0, 0.05) is 33.5 Å². The van der Waals surface area contributed by atoms with E-state index in [1.165, 1.54) is 32.1 Å². The van der Waals surface area contributed by atoms with E-state index in [1.807, 2.05) is 42.3 Å². The lowest BCUT2D eigenvalue weighted by atomic mass is 10.0. The van der Waals surface area contributed by atoms with Crippen molar-refractivity contribution in [1.29, 1.82) is 0 Å². The molecule has 0 saturated heterocycles. The van der Waals surface area contributed by atoms with Crippen LogP contribution in [0.25, 0.3) is 0 Å². The first-order valence-electron chi connectivity index (χ1n) is 10.3. The van der Waals surface area contributed by atoms with Crippen molar-refractivity contribution in [3.8, 4) is 0 Å². The van der Waals surface area contributed by atoms with Crippen LogP contribution in [0.1, 0.15) is 68.4 Å². The lowest BCUT2D eigenvalue weighted by Crippen LogP contribution is -2.28. The van der Waals surface area contributed by atoms with Crippen LogP contribution < -0.4 is 0 Å². The molecule has 6 nitrogen and oxygen atoms in total. The van der Waals surface area contributed by atoms with Crippen molar-refractivity contribution < 1.29 is 13.9 Å². The summed E-state index contributed by atoms with van der Waals surface area (Å²) in [5.41, 5.74) is 0.957. The summed E-state index contributed by atoms with van der Waals surface area (Å²) in [5, 5.41) is 8.20. The number of nitrogens with zero attached hydrogens (tertiary/aromatic N) is 3. The number of ether oxygens (including phenoxy) is 1. The first-order valence-corrected chi connectivity index (χ1v) is 10.3. The van der Waals surface area contributed by atoms with Gasteiger partial charge in [-0.2, -0.15) is 0 Å². The highest BCUT2D eigenvalue weighted by Crippen LogP contribution is 2.28. The maximum absolute atomic E-state index is 12.4. The van der Waals surface area contributed by atoms with Crippen molar-refractivity contribution in [2.24, 2.45) is 5.92 Å². The molecule has 1 atom stereocenters. The summed E-state index contributed by atoms with van der Waals surface area (Å²) < 4.78 is 11.3. The molecule has 1 aliphatic rings. The molecule has 0 N–H and O–H groups in total. The third kappa shape index (κ3) is 5.64. The molecular formula is C22H31N3O3. The average Bonchev–Trinajstić information content (AvgIpc) is 3.40. The summed E-state index contributed by atoms with van der Waals surface area (Å²) in [6, 6.07) is 9.76. The summed E-state index contributed by atoms with van der Waals surface area (Å²) in [6.45, 7) is 0.824. The van der Waals surface area contributed by atoms with Crippen LogP contribution in [0, 0.1) is 5.92 Å². The van der Waals surface area contributed by atoms with Gasteiger partial charge in [-0.3, -0.25) is 4.79 Å². The van der Waals surface area contributed by atoms with Gasteiger partial charge in [-0.15, -0.1) is 10.2 Å². The molecule has 0 unspecified atom stereocenters. The number of methoxy groups -OCH3 is 1. The number of aryl methyl sites for hydroxylation is 1. The second kappa shape index (κ2) is 10.4. The van der Waals surface area contributed by atoms with Crippen LogP contribution in [-0.2, 0) is 16.0 Å². The van der Waals surface area contributed by atoms with Gasteiger partial charge in [0.1, 0.15) is 0 Å². The quantitative estimate of drug-likeness (QED) is 0.614. The Morgan fingerprint density at radius 1 is 1.25 bits per heavy atom. The number of hydrogen-bond acceptors (Lipinski definition) is 5. The maximum atomic E-state index is 12.4. The Morgan fingerprint density at radius 3 is 2.71 bits per heavy atom. The van der Waals surface area contributed by atoms with E-state index in [0.29, 0.717) is 24.6 Å². The average molecular weight is 386 g/mol. The molecule has 1 aromatic heterocycles. The summed E-state index contributed by atoms with van der Waals surface area (Å²) in [7, 11) is 3.50. The van der Waals surface area contributed by atoms with E-state index in [2.05, 4.69) is 10.2 Å². The van der Waals surface area contributed by atoms with Crippen molar-refractivity contribution in [3.05, 3.63) is 47.7 Å². The fourth-order valence-corrected chi connectivity index (χ4v) is 3.93. The summed E-state index contributed by atoms with van der Waals surface area (Å²) in [6.07, 6.45) is 8.24. The highest BCUT2D eigenvalue weighted by Gasteiger charge is 2.21. The first kappa shape index (κ1) is 20.5. The Kier molecular flexibility index (Phi) is 7.60.